The van der Waals surface area contributed by atoms with Crippen LogP contribution in [0, 0.1) is 0 Å². The second-order valence-corrected chi connectivity index (χ2v) is 4.62. The summed E-state index contributed by atoms with van der Waals surface area (Å²) in [4.78, 5) is 10.4. The maximum Gasteiger partial charge on any atom is 0.318 e. The van der Waals surface area contributed by atoms with E-state index in [1.54, 1.807) is 13.3 Å². The third-order valence-corrected chi connectivity index (χ3v) is 2.77. The Hall–Kier alpha value is -1.07. The molecule has 1 heterocycles. The van der Waals surface area contributed by atoms with Gasteiger partial charge in [0.1, 0.15) is 5.02 Å². The van der Waals surface area contributed by atoms with Gasteiger partial charge in [-0.3, -0.25) is 0 Å². The SMILES string of the molecule is CCN(CCNC(C)C)c1nc(OC)ncc1Cl. The Morgan fingerprint density at radius 2 is 2.22 bits per heavy atom. The third kappa shape index (κ3) is 4.31. The van der Waals surface area contributed by atoms with E-state index in [1.807, 2.05) is 0 Å². The Labute approximate surface area is 114 Å². The fraction of sp³-hybridized carbons (Fsp3) is 0.667. The molecule has 1 aromatic rings. The first-order valence-electron chi connectivity index (χ1n) is 6.13. The van der Waals surface area contributed by atoms with E-state index < -0.39 is 0 Å². The van der Waals surface area contributed by atoms with E-state index in [0.29, 0.717) is 17.1 Å². The Kier molecular flexibility index (Phi) is 6.15. The van der Waals surface area contributed by atoms with Gasteiger partial charge in [0.05, 0.1) is 13.3 Å². The minimum Gasteiger partial charge on any atom is -0.467 e. The first-order valence-corrected chi connectivity index (χ1v) is 6.51. The Morgan fingerprint density at radius 3 is 2.78 bits per heavy atom. The molecule has 6 heteroatoms. The standard InChI is InChI=1S/C12H21ClN4O/c1-5-17(7-6-14-9(2)3)11-10(13)8-15-12(16-11)18-4/h8-9,14H,5-7H2,1-4H3. The summed E-state index contributed by atoms with van der Waals surface area (Å²) >= 11 is 6.13. The van der Waals surface area contributed by atoms with Gasteiger partial charge in [-0.1, -0.05) is 25.4 Å². The number of ether oxygens (including phenoxy) is 1. The quantitative estimate of drug-likeness (QED) is 0.822. The van der Waals surface area contributed by atoms with E-state index >= 15 is 0 Å². The fourth-order valence-corrected chi connectivity index (χ4v) is 1.78. The Morgan fingerprint density at radius 1 is 1.50 bits per heavy atom. The number of anilines is 1. The van der Waals surface area contributed by atoms with E-state index in [9.17, 15) is 0 Å². The van der Waals surface area contributed by atoms with Crippen molar-refractivity contribution in [3.8, 4) is 6.01 Å². The average Bonchev–Trinajstić information content (AvgIpc) is 2.35. The van der Waals surface area contributed by atoms with Crippen LogP contribution in [0.2, 0.25) is 5.02 Å². The van der Waals surface area contributed by atoms with Crippen LogP contribution in [-0.2, 0) is 0 Å². The summed E-state index contributed by atoms with van der Waals surface area (Å²) in [6.45, 7) is 8.87. The van der Waals surface area contributed by atoms with Crippen molar-refractivity contribution < 1.29 is 4.74 Å². The van der Waals surface area contributed by atoms with E-state index in [2.05, 4.69) is 41.0 Å². The van der Waals surface area contributed by atoms with Crippen molar-refractivity contribution in [2.75, 3.05) is 31.6 Å². The van der Waals surface area contributed by atoms with Crippen molar-refractivity contribution in [3.63, 3.8) is 0 Å². The molecular weight excluding hydrogens is 252 g/mol. The summed E-state index contributed by atoms with van der Waals surface area (Å²) in [6.07, 6.45) is 1.57. The molecule has 0 aliphatic heterocycles. The van der Waals surface area contributed by atoms with Gasteiger partial charge in [0.2, 0.25) is 0 Å². The van der Waals surface area contributed by atoms with Crippen LogP contribution in [-0.4, -0.2) is 42.8 Å². The number of aromatic nitrogens is 2. The summed E-state index contributed by atoms with van der Waals surface area (Å²) in [5, 5.41) is 3.91. The second-order valence-electron chi connectivity index (χ2n) is 4.22. The summed E-state index contributed by atoms with van der Waals surface area (Å²) in [6, 6.07) is 0.809. The zero-order chi connectivity index (χ0) is 13.5. The van der Waals surface area contributed by atoms with Crippen molar-refractivity contribution in [2.45, 2.75) is 26.8 Å². The molecule has 0 spiro atoms. The summed E-state index contributed by atoms with van der Waals surface area (Å²) in [5.41, 5.74) is 0. The molecule has 1 aromatic heterocycles. The highest BCUT2D eigenvalue weighted by Crippen LogP contribution is 2.23. The highest BCUT2D eigenvalue weighted by atomic mass is 35.5. The smallest absolute Gasteiger partial charge is 0.318 e. The number of hydrogen-bond acceptors (Lipinski definition) is 5. The van der Waals surface area contributed by atoms with Crippen LogP contribution in [0.15, 0.2) is 6.20 Å². The average molecular weight is 273 g/mol. The Balaban J connectivity index is 2.74. The van der Waals surface area contributed by atoms with E-state index in [4.69, 9.17) is 16.3 Å². The number of methoxy groups -OCH3 is 1. The van der Waals surface area contributed by atoms with Gasteiger partial charge in [-0.25, -0.2) is 4.98 Å². The monoisotopic (exact) mass is 272 g/mol. The topological polar surface area (TPSA) is 50.3 Å². The lowest BCUT2D eigenvalue weighted by Gasteiger charge is -2.23. The summed E-state index contributed by atoms with van der Waals surface area (Å²) in [7, 11) is 1.55. The van der Waals surface area contributed by atoms with Gasteiger partial charge < -0.3 is 15.0 Å². The van der Waals surface area contributed by atoms with Crippen molar-refractivity contribution in [1.29, 1.82) is 0 Å². The molecule has 18 heavy (non-hydrogen) atoms. The van der Waals surface area contributed by atoms with Crippen LogP contribution < -0.4 is 15.0 Å². The molecule has 0 saturated heterocycles. The molecule has 0 unspecified atom stereocenters. The lowest BCUT2D eigenvalue weighted by Crippen LogP contribution is -2.35. The normalized spacial score (nSPS) is 10.8. The minimum atomic E-state index is 0.338. The zero-order valence-electron chi connectivity index (χ0n) is 11.4. The highest BCUT2D eigenvalue weighted by molar-refractivity contribution is 6.32. The largest absolute Gasteiger partial charge is 0.467 e. The molecule has 0 radical (unpaired) electrons. The second kappa shape index (κ2) is 7.38. The molecular formula is C12H21ClN4O. The van der Waals surface area contributed by atoms with Crippen molar-refractivity contribution >= 4 is 17.4 Å². The number of likely N-dealkylation sites (N-methyl/N-ethyl adjacent to an activating group) is 1. The van der Waals surface area contributed by atoms with Gasteiger partial charge in [-0.15, -0.1) is 0 Å². The predicted molar refractivity (Wildman–Crippen MR) is 74.6 cm³/mol. The van der Waals surface area contributed by atoms with Gasteiger partial charge >= 0.3 is 6.01 Å². The number of hydrogen-bond donors (Lipinski definition) is 1. The van der Waals surface area contributed by atoms with E-state index in [-0.39, 0.29) is 0 Å². The predicted octanol–water partition coefficient (Wildman–Crippen LogP) is 1.96. The first kappa shape index (κ1) is 15.0. The molecule has 0 aliphatic rings. The molecule has 0 atom stereocenters. The molecule has 0 bridgehead atoms. The van der Waals surface area contributed by atoms with Crippen LogP contribution in [0.1, 0.15) is 20.8 Å². The molecule has 0 fully saturated rings. The van der Waals surface area contributed by atoms with Crippen molar-refractivity contribution in [1.82, 2.24) is 15.3 Å². The van der Waals surface area contributed by atoms with Gasteiger partial charge in [-0.2, -0.15) is 4.98 Å². The van der Waals surface area contributed by atoms with E-state index in [0.717, 1.165) is 25.5 Å². The maximum atomic E-state index is 6.13. The molecule has 0 amide bonds. The number of halogens is 1. The lowest BCUT2D eigenvalue weighted by atomic mass is 10.3. The molecule has 5 nitrogen and oxygen atoms in total. The number of rotatable bonds is 7. The molecule has 102 valence electrons. The van der Waals surface area contributed by atoms with Gasteiger partial charge in [0.15, 0.2) is 5.82 Å². The minimum absolute atomic E-state index is 0.338. The molecule has 1 N–H and O–H groups in total. The zero-order valence-corrected chi connectivity index (χ0v) is 12.2. The summed E-state index contributed by atoms with van der Waals surface area (Å²) in [5.74, 6) is 0.719. The highest BCUT2D eigenvalue weighted by Gasteiger charge is 2.12. The van der Waals surface area contributed by atoms with Crippen LogP contribution in [0.5, 0.6) is 6.01 Å². The van der Waals surface area contributed by atoms with Crippen LogP contribution in [0.25, 0.3) is 0 Å². The van der Waals surface area contributed by atoms with Crippen molar-refractivity contribution in [2.24, 2.45) is 0 Å². The van der Waals surface area contributed by atoms with Crippen LogP contribution in [0.4, 0.5) is 5.82 Å². The molecule has 0 aromatic carbocycles. The fourth-order valence-electron chi connectivity index (χ4n) is 1.56. The molecule has 1 rings (SSSR count). The molecule has 0 saturated carbocycles. The first-order chi connectivity index (χ1) is 8.58. The van der Waals surface area contributed by atoms with Gasteiger partial charge in [0, 0.05) is 25.7 Å². The lowest BCUT2D eigenvalue weighted by molar-refractivity contribution is 0.379. The van der Waals surface area contributed by atoms with Crippen molar-refractivity contribution in [3.05, 3.63) is 11.2 Å². The number of nitrogens with zero attached hydrogens (tertiary/aromatic N) is 3. The van der Waals surface area contributed by atoms with E-state index in [1.165, 1.54) is 0 Å². The summed E-state index contributed by atoms with van der Waals surface area (Å²) < 4.78 is 5.02. The third-order valence-electron chi connectivity index (χ3n) is 2.50. The van der Waals surface area contributed by atoms with Gasteiger partial charge in [-0.05, 0) is 6.92 Å². The van der Waals surface area contributed by atoms with Crippen LogP contribution >= 0.6 is 11.6 Å². The Bertz CT molecular complexity index is 373. The van der Waals surface area contributed by atoms with Gasteiger partial charge in [0.25, 0.3) is 0 Å². The number of nitrogens with one attached hydrogen (secondary N) is 1. The molecule has 0 aliphatic carbocycles. The van der Waals surface area contributed by atoms with Crippen LogP contribution in [0.3, 0.4) is 0 Å². The maximum absolute atomic E-state index is 6.13.